The number of nitrogens with one attached hydrogen (secondary N) is 2. The Balaban J connectivity index is -0.0000000576. The maximum absolute atomic E-state index is 8.15. The summed E-state index contributed by atoms with van der Waals surface area (Å²) in [5.74, 6) is 0. The summed E-state index contributed by atoms with van der Waals surface area (Å²) in [7, 11) is 0. The van der Waals surface area contributed by atoms with Crippen LogP contribution in [0, 0.1) is 0 Å². The number of hydrogen-bond acceptors (Lipinski definition) is 8. The number of nitrogens with zero attached hydrogens (tertiary/aromatic N) is 2. The number of isothiocyanates is 2. The van der Waals surface area contributed by atoms with Crippen molar-refractivity contribution in [3.8, 4) is 0 Å². The molecule has 0 amide bonds. The van der Waals surface area contributed by atoms with Crippen molar-refractivity contribution in [2.75, 3.05) is 52.6 Å². The SMILES string of the molecule is OCCNCCO.OCCNCCO.[N-]=C=S.[N-]=C=S.[Ni+2]. The fraction of sp³-hybridized carbons (Fsp3) is 0.800. The van der Waals surface area contributed by atoms with Gasteiger partial charge in [-0.05, 0) is 0 Å². The van der Waals surface area contributed by atoms with E-state index in [4.69, 9.17) is 31.2 Å². The summed E-state index contributed by atoms with van der Waals surface area (Å²) in [6.07, 6.45) is 0. The molecule has 0 saturated heterocycles. The van der Waals surface area contributed by atoms with Crippen molar-refractivity contribution >= 4 is 34.8 Å². The van der Waals surface area contributed by atoms with Gasteiger partial charge in [-0.1, -0.05) is 24.4 Å². The molecule has 0 radical (unpaired) electrons. The molecule has 0 atom stereocenters. The van der Waals surface area contributed by atoms with Gasteiger partial charge in [0.15, 0.2) is 0 Å². The number of thiocarbonyl (C=S) groups is 2. The van der Waals surface area contributed by atoms with Gasteiger partial charge in [0.1, 0.15) is 0 Å². The minimum atomic E-state index is 0. The number of rotatable bonds is 8. The van der Waals surface area contributed by atoms with Gasteiger partial charge in [-0.2, -0.15) is 10.3 Å². The average molecular weight is 385 g/mol. The summed E-state index contributed by atoms with van der Waals surface area (Å²) in [6, 6.07) is 0. The van der Waals surface area contributed by atoms with Crippen LogP contribution in [-0.2, 0) is 16.5 Å². The molecule has 0 aliphatic rings. The van der Waals surface area contributed by atoms with Crippen LogP contribution in [0.4, 0.5) is 0 Å². The van der Waals surface area contributed by atoms with Gasteiger partial charge in [0.2, 0.25) is 0 Å². The van der Waals surface area contributed by atoms with E-state index in [0.717, 1.165) is 0 Å². The molecule has 0 saturated carbocycles. The first-order chi connectivity index (χ1) is 9.66. The molecule has 0 heterocycles. The monoisotopic (exact) mass is 384 g/mol. The van der Waals surface area contributed by atoms with E-state index in [-0.39, 0.29) is 42.9 Å². The van der Waals surface area contributed by atoms with Crippen LogP contribution >= 0.6 is 24.4 Å². The van der Waals surface area contributed by atoms with Gasteiger partial charge >= 0.3 is 16.5 Å². The Morgan fingerprint density at radius 3 is 0.905 bits per heavy atom. The quantitative estimate of drug-likeness (QED) is 0.127. The molecule has 0 aromatic heterocycles. The summed E-state index contributed by atoms with van der Waals surface area (Å²) in [6.45, 7) is 2.84. The van der Waals surface area contributed by atoms with Crippen LogP contribution in [0.2, 0.25) is 0 Å². The first-order valence-corrected chi connectivity index (χ1v) is 6.35. The van der Waals surface area contributed by atoms with Crippen molar-refractivity contribution in [1.29, 1.82) is 0 Å². The molecule has 0 aliphatic carbocycles. The molecular formula is C10H22N4NiO4S2. The predicted octanol–water partition coefficient (Wildman–Crippen LogP) is -1.56. The van der Waals surface area contributed by atoms with Gasteiger partial charge in [-0.3, -0.25) is 0 Å². The maximum atomic E-state index is 8.15. The average Bonchev–Trinajstić information content (AvgIpc) is 2.43. The Labute approximate surface area is 145 Å². The van der Waals surface area contributed by atoms with Crippen molar-refractivity contribution in [2.24, 2.45) is 0 Å². The fourth-order valence-corrected chi connectivity index (χ4v) is 0.566. The predicted molar refractivity (Wildman–Crippen MR) is 86.0 cm³/mol. The molecule has 0 unspecified atom stereocenters. The van der Waals surface area contributed by atoms with Crippen molar-refractivity contribution < 1.29 is 36.9 Å². The smallest absolute Gasteiger partial charge is 0.753 e. The minimum Gasteiger partial charge on any atom is -0.753 e. The van der Waals surface area contributed by atoms with E-state index in [9.17, 15) is 0 Å². The van der Waals surface area contributed by atoms with Crippen LogP contribution in [0.15, 0.2) is 0 Å². The summed E-state index contributed by atoms with van der Waals surface area (Å²) in [4.78, 5) is 0. The molecule has 6 N–H and O–H groups in total. The van der Waals surface area contributed by atoms with E-state index in [0.29, 0.717) is 26.2 Å². The van der Waals surface area contributed by atoms with E-state index in [1.165, 1.54) is 10.3 Å². The van der Waals surface area contributed by atoms with Crippen molar-refractivity contribution in [3.63, 3.8) is 0 Å². The Kier molecular flexibility index (Phi) is 78.2. The minimum absolute atomic E-state index is 0. The van der Waals surface area contributed by atoms with Crippen molar-refractivity contribution in [2.45, 2.75) is 0 Å². The van der Waals surface area contributed by atoms with Crippen LogP contribution in [-0.4, -0.2) is 83.4 Å². The molecule has 0 bridgehead atoms. The summed E-state index contributed by atoms with van der Waals surface area (Å²) < 4.78 is 0. The standard InChI is InChI=1S/2C4H11NO2.2CNS.Ni/c2*6-3-1-5-2-4-7;2*2-1-3;/h2*5-7H,1-4H2;;;/q;;2*-1;+2. The first kappa shape index (κ1) is 32.7. The fourth-order valence-electron chi connectivity index (χ4n) is 0.566. The van der Waals surface area contributed by atoms with Gasteiger partial charge in [0.05, 0.1) is 26.4 Å². The third-order valence-electron chi connectivity index (χ3n) is 1.15. The molecule has 11 heteroatoms. The Morgan fingerprint density at radius 1 is 0.667 bits per heavy atom. The molecule has 0 aromatic carbocycles. The normalized spacial score (nSPS) is 7.05. The second kappa shape index (κ2) is 50.2. The molecule has 21 heavy (non-hydrogen) atoms. The van der Waals surface area contributed by atoms with E-state index in [1.807, 2.05) is 0 Å². The molecule has 8 nitrogen and oxygen atoms in total. The van der Waals surface area contributed by atoms with Gasteiger partial charge in [-0.25, -0.2) is 0 Å². The van der Waals surface area contributed by atoms with E-state index < -0.39 is 0 Å². The van der Waals surface area contributed by atoms with E-state index in [2.05, 4.69) is 35.1 Å². The van der Waals surface area contributed by atoms with Crippen molar-refractivity contribution in [1.82, 2.24) is 10.6 Å². The van der Waals surface area contributed by atoms with Gasteiger partial charge in [-0.15, -0.1) is 0 Å². The second-order valence-electron chi connectivity index (χ2n) is 2.58. The zero-order valence-electron chi connectivity index (χ0n) is 11.5. The van der Waals surface area contributed by atoms with Gasteiger partial charge < -0.3 is 41.9 Å². The van der Waals surface area contributed by atoms with E-state index in [1.54, 1.807) is 0 Å². The molecule has 128 valence electrons. The Hall–Kier alpha value is -0.146. The Bertz CT molecular complexity index is 187. The van der Waals surface area contributed by atoms with Crippen LogP contribution in [0.1, 0.15) is 0 Å². The summed E-state index contributed by atoms with van der Waals surface area (Å²) in [5.41, 5.74) is 0. The number of aliphatic hydroxyl groups is 4. The molecule has 0 aliphatic heterocycles. The zero-order chi connectivity index (χ0) is 16.5. The number of hydrogen-bond donors (Lipinski definition) is 6. The molecular weight excluding hydrogens is 363 g/mol. The van der Waals surface area contributed by atoms with Gasteiger partial charge in [0, 0.05) is 26.2 Å². The molecule has 0 fully saturated rings. The second-order valence-corrected chi connectivity index (χ2v) is 2.94. The topological polar surface area (TPSA) is 150 Å². The third-order valence-corrected chi connectivity index (χ3v) is 1.15. The van der Waals surface area contributed by atoms with Crippen LogP contribution in [0.5, 0.6) is 0 Å². The number of aliphatic hydroxyl groups excluding tert-OH is 4. The summed E-state index contributed by atoms with van der Waals surface area (Å²) >= 11 is 7.40. The van der Waals surface area contributed by atoms with Gasteiger partial charge in [0.25, 0.3) is 0 Å². The van der Waals surface area contributed by atoms with Crippen LogP contribution in [0.25, 0.3) is 10.8 Å². The Morgan fingerprint density at radius 2 is 0.810 bits per heavy atom. The largest absolute Gasteiger partial charge is 2.00 e. The van der Waals surface area contributed by atoms with Crippen LogP contribution < -0.4 is 10.6 Å². The summed E-state index contributed by atoms with van der Waals surface area (Å²) in [5, 5.41) is 55.1. The zero-order valence-corrected chi connectivity index (χ0v) is 14.1. The maximum Gasteiger partial charge on any atom is 2.00 e. The van der Waals surface area contributed by atoms with Crippen molar-refractivity contribution in [3.05, 3.63) is 10.8 Å². The van der Waals surface area contributed by atoms with E-state index >= 15 is 0 Å². The molecule has 0 aromatic rings. The molecule has 0 rings (SSSR count). The first-order valence-electron chi connectivity index (χ1n) is 5.53. The van der Waals surface area contributed by atoms with Crippen LogP contribution in [0.3, 0.4) is 0 Å². The molecule has 0 spiro atoms. The third kappa shape index (κ3) is 103.